The first kappa shape index (κ1) is 17.0. The molecule has 5 nitrogen and oxygen atoms in total. The second-order valence-corrected chi connectivity index (χ2v) is 6.15. The maximum Gasteiger partial charge on any atom is 0.260 e. The van der Waals surface area contributed by atoms with Gasteiger partial charge in [0.05, 0.1) is 17.4 Å². The van der Waals surface area contributed by atoms with Gasteiger partial charge >= 0.3 is 0 Å². The summed E-state index contributed by atoms with van der Waals surface area (Å²) in [7, 11) is 0. The normalized spacial score (nSPS) is 12.1. The van der Waals surface area contributed by atoms with Crippen LogP contribution in [0.15, 0.2) is 54.9 Å². The highest BCUT2D eigenvalue weighted by atomic mass is 16.5. The Morgan fingerprint density at radius 3 is 2.92 bits per heavy atom. The molecule has 1 unspecified atom stereocenters. The largest absolute Gasteiger partial charge is 0.481 e. The highest BCUT2D eigenvalue weighted by molar-refractivity contribution is 5.80. The minimum Gasteiger partial charge on any atom is -0.481 e. The molecule has 0 aliphatic heterocycles. The standard InChI is InChI=1S/C20H23N3O2/c1-15-7-5-8-17(13-15)25-16(2)20(24)21-11-6-12-23-14-22-18-9-3-4-10-19(18)23/h3-5,7-10,13-14,16H,6,11-12H2,1-2H3,(H,21,24). The van der Waals surface area contributed by atoms with Crippen molar-refractivity contribution in [3.05, 3.63) is 60.4 Å². The Bertz CT molecular complexity index is 857. The number of fused-ring (bicyclic) bond motifs is 1. The first-order valence-corrected chi connectivity index (χ1v) is 8.54. The molecule has 2 aromatic carbocycles. The number of nitrogens with zero attached hydrogens (tertiary/aromatic N) is 2. The van der Waals surface area contributed by atoms with Crippen LogP contribution in [0.4, 0.5) is 0 Å². The maximum atomic E-state index is 12.2. The lowest BCUT2D eigenvalue weighted by atomic mass is 10.2. The number of carbonyl (C=O) groups is 1. The Hall–Kier alpha value is -2.82. The molecule has 3 aromatic rings. The van der Waals surface area contributed by atoms with E-state index in [0.717, 1.165) is 29.6 Å². The van der Waals surface area contributed by atoms with E-state index in [-0.39, 0.29) is 5.91 Å². The third kappa shape index (κ3) is 4.38. The Balaban J connectivity index is 1.44. The Labute approximate surface area is 147 Å². The molecule has 0 aliphatic rings. The first-order chi connectivity index (χ1) is 12.1. The second-order valence-electron chi connectivity index (χ2n) is 6.15. The maximum absolute atomic E-state index is 12.2. The van der Waals surface area contributed by atoms with Gasteiger partial charge in [0.15, 0.2) is 6.10 Å². The quantitative estimate of drug-likeness (QED) is 0.673. The van der Waals surface area contributed by atoms with Crippen LogP contribution in [0.25, 0.3) is 11.0 Å². The smallest absolute Gasteiger partial charge is 0.260 e. The van der Waals surface area contributed by atoms with Crippen molar-refractivity contribution in [2.24, 2.45) is 0 Å². The summed E-state index contributed by atoms with van der Waals surface area (Å²) in [5, 5.41) is 2.93. The number of para-hydroxylation sites is 2. The minimum absolute atomic E-state index is 0.100. The van der Waals surface area contributed by atoms with E-state index in [2.05, 4.69) is 20.9 Å². The highest BCUT2D eigenvalue weighted by Gasteiger charge is 2.14. The third-order valence-corrected chi connectivity index (χ3v) is 4.07. The number of hydrogen-bond acceptors (Lipinski definition) is 3. The molecular formula is C20H23N3O2. The average molecular weight is 337 g/mol. The summed E-state index contributed by atoms with van der Waals surface area (Å²) < 4.78 is 7.80. The Morgan fingerprint density at radius 2 is 2.08 bits per heavy atom. The van der Waals surface area contributed by atoms with Gasteiger partial charge in [0.25, 0.3) is 5.91 Å². The summed E-state index contributed by atoms with van der Waals surface area (Å²) in [5.41, 5.74) is 3.22. The zero-order valence-corrected chi connectivity index (χ0v) is 14.6. The topological polar surface area (TPSA) is 56.1 Å². The van der Waals surface area contributed by atoms with Gasteiger partial charge in [-0.05, 0) is 50.1 Å². The van der Waals surface area contributed by atoms with Gasteiger partial charge in [0.2, 0.25) is 0 Å². The molecule has 3 rings (SSSR count). The van der Waals surface area contributed by atoms with Gasteiger partial charge in [-0.1, -0.05) is 24.3 Å². The van der Waals surface area contributed by atoms with Gasteiger partial charge in [-0.2, -0.15) is 0 Å². The van der Waals surface area contributed by atoms with Gasteiger partial charge < -0.3 is 14.6 Å². The van der Waals surface area contributed by atoms with Crippen LogP contribution in [-0.4, -0.2) is 28.1 Å². The van der Waals surface area contributed by atoms with Crippen LogP contribution < -0.4 is 10.1 Å². The van der Waals surface area contributed by atoms with Crippen molar-refractivity contribution in [3.63, 3.8) is 0 Å². The van der Waals surface area contributed by atoms with Crippen molar-refractivity contribution >= 4 is 16.9 Å². The summed E-state index contributed by atoms with van der Waals surface area (Å²) >= 11 is 0. The van der Waals surface area contributed by atoms with E-state index >= 15 is 0 Å². The third-order valence-electron chi connectivity index (χ3n) is 4.07. The van der Waals surface area contributed by atoms with Crippen molar-refractivity contribution in [1.82, 2.24) is 14.9 Å². The monoisotopic (exact) mass is 337 g/mol. The fourth-order valence-corrected chi connectivity index (χ4v) is 2.74. The predicted molar refractivity (Wildman–Crippen MR) is 98.6 cm³/mol. The molecule has 1 atom stereocenters. The molecule has 1 amide bonds. The molecule has 0 fully saturated rings. The number of benzene rings is 2. The fraction of sp³-hybridized carbons (Fsp3) is 0.300. The van der Waals surface area contributed by atoms with E-state index in [1.165, 1.54) is 0 Å². The minimum atomic E-state index is -0.518. The van der Waals surface area contributed by atoms with Crippen molar-refractivity contribution in [2.45, 2.75) is 32.9 Å². The molecule has 0 spiro atoms. The van der Waals surface area contributed by atoms with E-state index in [4.69, 9.17) is 4.74 Å². The van der Waals surface area contributed by atoms with Crippen molar-refractivity contribution in [2.75, 3.05) is 6.54 Å². The Morgan fingerprint density at radius 1 is 1.24 bits per heavy atom. The number of ether oxygens (including phenoxy) is 1. The molecule has 0 saturated heterocycles. The number of amides is 1. The van der Waals surface area contributed by atoms with Gasteiger partial charge in [-0.3, -0.25) is 4.79 Å². The van der Waals surface area contributed by atoms with Crippen LogP contribution in [-0.2, 0) is 11.3 Å². The molecule has 0 aliphatic carbocycles. The summed E-state index contributed by atoms with van der Waals surface area (Å²) in [4.78, 5) is 16.5. The van der Waals surface area contributed by atoms with E-state index in [9.17, 15) is 4.79 Å². The molecule has 130 valence electrons. The fourth-order valence-electron chi connectivity index (χ4n) is 2.74. The molecular weight excluding hydrogens is 314 g/mol. The van der Waals surface area contributed by atoms with Gasteiger partial charge in [0.1, 0.15) is 5.75 Å². The zero-order chi connectivity index (χ0) is 17.6. The van der Waals surface area contributed by atoms with Gasteiger partial charge in [0, 0.05) is 13.1 Å². The molecule has 1 aromatic heterocycles. The van der Waals surface area contributed by atoms with E-state index in [1.54, 1.807) is 6.92 Å². The van der Waals surface area contributed by atoms with Crippen LogP contribution in [0.3, 0.4) is 0 Å². The SMILES string of the molecule is Cc1cccc(OC(C)C(=O)NCCCn2cnc3ccccc32)c1. The summed E-state index contributed by atoms with van der Waals surface area (Å²) in [5.74, 6) is 0.615. The molecule has 1 N–H and O–H groups in total. The first-order valence-electron chi connectivity index (χ1n) is 8.54. The van der Waals surface area contributed by atoms with Gasteiger partial charge in [-0.15, -0.1) is 0 Å². The van der Waals surface area contributed by atoms with Crippen molar-refractivity contribution in [3.8, 4) is 5.75 Å². The van der Waals surface area contributed by atoms with Crippen LogP contribution in [0, 0.1) is 6.92 Å². The number of rotatable bonds is 7. The molecule has 25 heavy (non-hydrogen) atoms. The van der Waals surface area contributed by atoms with Crippen LogP contribution in [0.5, 0.6) is 5.75 Å². The van der Waals surface area contributed by atoms with E-state index < -0.39 is 6.10 Å². The molecule has 1 heterocycles. The molecule has 5 heteroatoms. The molecule has 0 bridgehead atoms. The molecule has 0 radical (unpaired) electrons. The van der Waals surface area contributed by atoms with Crippen molar-refractivity contribution < 1.29 is 9.53 Å². The lowest BCUT2D eigenvalue weighted by molar-refractivity contribution is -0.127. The van der Waals surface area contributed by atoms with E-state index in [0.29, 0.717) is 12.3 Å². The number of aryl methyl sites for hydroxylation is 2. The zero-order valence-electron chi connectivity index (χ0n) is 14.6. The number of carbonyl (C=O) groups excluding carboxylic acids is 1. The molecule has 0 saturated carbocycles. The van der Waals surface area contributed by atoms with Crippen molar-refractivity contribution in [1.29, 1.82) is 0 Å². The Kier molecular flexibility index (Phi) is 5.33. The predicted octanol–water partition coefficient (Wildman–Crippen LogP) is 3.32. The van der Waals surface area contributed by atoms with E-state index in [1.807, 2.05) is 55.7 Å². The number of imidazole rings is 1. The average Bonchev–Trinajstić information content (AvgIpc) is 3.02. The lowest BCUT2D eigenvalue weighted by Gasteiger charge is -2.15. The van der Waals surface area contributed by atoms with Crippen LogP contribution in [0.1, 0.15) is 18.9 Å². The summed E-state index contributed by atoms with van der Waals surface area (Å²) in [6.07, 6.45) is 2.16. The second kappa shape index (κ2) is 7.83. The highest BCUT2D eigenvalue weighted by Crippen LogP contribution is 2.14. The summed E-state index contributed by atoms with van der Waals surface area (Å²) in [6, 6.07) is 15.7. The number of hydrogen-bond donors (Lipinski definition) is 1. The lowest BCUT2D eigenvalue weighted by Crippen LogP contribution is -2.37. The number of aromatic nitrogens is 2. The van der Waals surface area contributed by atoms with Crippen LogP contribution in [0.2, 0.25) is 0 Å². The number of nitrogens with one attached hydrogen (secondary N) is 1. The van der Waals surface area contributed by atoms with Gasteiger partial charge in [-0.25, -0.2) is 4.98 Å². The summed E-state index contributed by atoms with van der Waals surface area (Å²) in [6.45, 7) is 5.18. The van der Waals surface area contributed by atoms with Crippen LogP contribution >= 0.6 is 0 Å².